The highest BCUT2D eigenvalue weighted by Crippen LogP contribution is 2.43. The van der Waals surface area contributed by atoms with Crippen LogP contribution in [0.25, 0.3) is 0 Å². The summed E-state index contributed by atoms with van der Waals surface area (Å²) in [5.41, 5.74) is -0.714. The Bertz CT molecular complexity index is 694. The molecule has 2 unspecified atom stereocenters. The third kappa shape index (κ3) is 3.69. The molecular formula is C16H19F3O4S. The van der Waals surface area contributed by atoms with E-state index in [2.05, 4.69) is 4.74 Å². The first-order valence-corrected chi connectivity index (χ1v) is 9.48. The van der Waals surface area contributed by atoms with E-state index in [1.807, 2.05) is 0 Å². The van der Waals surface area contributed by atoms with Crippen LogP contribution in [-0.4, -0.2) is 36.0 Å². The molecule has 4 nitrogen and oxygen atoms in total. The van der Waals surface area contributed by atoms with Crippen LogP contribution >= 0.6 is 0 Å². The summed E-state index contributed by atoms with van der Waals surface area (Å²) in [4.78, 5) is 0. The topological polar surface area (TPSA) is 63.6 Å². The zero-order valence-electron chi connectivity index (χ0n) is 12.9. The van der Waals surface area contributed by atoms with Crippen LogP contribution < -0.4 is 4.74 Å². The van der Waals surface area contributed by atoms with Crippen LogP contribution in [0.4, 0.5) is 13.2 Å². The van der Waals surface area contributed by atoms with Crippen molar-refractivity contribution in [2.24, 2.45) is 0 Å². The van der Waals surface area contributed by atoms with Crippen LogP contribution in [0.2, 0.25) is 0 Å². The molecule has 2 atom stereocenters. The number of halogens is 3. The molecule has 8 heteroatoms. The Morgan fingerprint density at radius 2 is 1.83 bits per heavy atom. The first kappa shape index (κ1) is 17.5. The maximum absolute atomic E-state index is 12.3. The summed E-state index contributed by atoms with van der Waals surface area (Å²) in [6.07, 6.45) is -2.47. The van der Waals surface area contributed by atoms with E-state index in [1.54, 1.807) is 6.07 Å². The first-order chi connectivity index (χ1) is 11.1. The van der Waals surface area contributed by atoms with Crippen LogP contribution in [0.1, 0.15) is 37.7 Å². The normalized spacial score (nSPS) is 32.3. The molecule has 0 saturated carbocycles. The number of sulfone groups is 1. The van der Waals surface area contributed by atoms with E-state index in [0.29, 0.717) is 18.4 Å². The molecule has 3 rings (SSSR count). The monoisotopic (exact) mass is 364 g/mol. The quantitative estimate of drug-likeness (QED) is 0.896. The largest absolute Gasteiger partial charge is 0.573 e. The summed E-state index contributed by atoms with van der Waals surface area (Å²) in [6.45, 7) is 0. The van der Waals surface area contributed by atoms with Crippen molar-refractivity contribution in [1.82, 2.24) is 0 Å². The van der Waals surface area contributed by atoms with Crippen LogP contribution in [0, 0.1) is 0 Å². The summed E-state index contributed by atoms with van der Waals surface area (Å²) < 4.78 is 65.4. The fourth-order valence-corrected chi connectivity index (χ4v) is 6.54. The third-order valence-electron chi connectivity index (χ3n) is 4.86. The lowest BCUT2D eigenvalue weighted by Crippen LogP contribution is -2.52. The van der Waals surface area contributed by atoms with Gasteiger partial charge in [0.15, 0.2) is 9.84 Å². The van der Waals surface area contributed by atoms with E-state index in [9.17, 15) is 26.7 Å². The van der Waals surface area contributed by atoms with Gasteiger partial charge in [-0.2, -0.15) is 0 Å². The minimum Gasteiger partial charge on any atom is -0.406 e. The smallest absolute Gasteiger partial charge is 0.406 e. The van der Waals surface area contributed by atoms with E-state index < -0.39 is 32.3 Å². The van der Waals surface area contributed by atoms with Crippen molar-refractivity contribution < 1.29 is 31.4 Å². The Labute approximate surface area is 138 Å². The molecule has 2 saturated heterocycles. The summed E-state index contributed by atoms with van der Waals surface area (Å²) in [7, 11) is -3.19. The average Bonchev–Trinajstić information content (AvgIpc) is 2.39. The van der Waals surface area contributed by atoms with Gasteiger partial charge in [-0.25, -0.2) is 8.42 Å². The lowest BCUT2D eigenvalue weighted by atomic mass is 9.81. The summed E-state index contributed by atoms with van der Waals surface area (Å²) >= 11 is 0. The van der Waals surface area contributed by atoms with Gasteiger partial charge in [0.2, 0.25) is 0 Å². The number of rotatable bonds is 3. The average molecular weight is 364 g/mol. The number of aliphatic hydroxyl groups is 1. The highest BCUT2D eigenvalue weighted by Gasteiger charge is 2.50. The molecule has 2 aliphatic rings. The standard InChI is InChI=1S/C16H19F3O4S/c17-16(18,19)23-12-4-1-3-11(7-12)8-15(20)9-13-5-2-6-14(10-15)24(13,21)22/h1,3-4,7,13-14,20H,2,5-6,8-10H2. The highest BCUT2D eigenvalue weighted by atomic mass is 32.2. The van der Waals surface area contributed by atoms with Gasteiger partial charge in [0.25, 0.3) is 0 Å². The highest BCUT2D eigenvalue weighted by molar-refractivity contribution is 7.92. The van der Waals surface area contributed by atoms with Gasteiger partial charge in [-0.15, -0.1) is 13.2 Å². The predicted octanol–water partition coefficient (Wildman–Crippen LogP) is 2.99. The number of hydrogen-bond donors (Lipinski definition) is 1. The van der Waals surface area contributed by atoms with Crippen molar-refractivity contribution in [2.75, 3.05) is 0 Å². The van der Waals surface area contributed by atoms with E-state index in [1.165, 1.54) is 18.2 Å². The molecule has 1 N–H and O–H groups in total. The van der Waals surface area contributed by atoms with E-state index >= 15 is 0 Å². The number of ether oxygens (including phenoxy) is 1. The predicted molar refractivity (Wildman–Crippen MR) is 81.4 cm³/mol. The Hall–Kier alpha value is -1.28. The van der Waals surface area contributed by atoms with Gasteiger partial charge in [0, 0.05) is 6.42 Å². The molecule has 1 aromatic carbocycles. The van der Waals surface area contributed by atoms with Gasteiger partial charge in [0.05, 0.1) is 16.1 Å². The van der Waals surface area contributed by atoms with Crippen LogP contribution in [-0.2, 0) is 16.3 Å². The minimum atomic E-state index is -4.77. The molecular weight excluding hydrogens is 345 g/mol. The van der Waals surface area contributed by atoms with Gasteiger partial charge in [-0.1, -0.05) is 18.6 Å². The molecule has 2 fully saturated rings. The van der Waals surface area contributed by atoms with Crippen LogP contribution in [0.5, 0.6) is 5.75 Å². The molecule has 2 heterocycles. The Morgan fingerprint density at radius 1 is 1.21 bits per heavy atom. The second kappa shape index (κ2) is 5.91. The van der Waals surface area contributed by atoms with Crippen molar-refractivity contribution in [1.29, 1.82) is 0 Å². The number of fused-ring (bicyclic) bond motifs is 2. The Balaban J connectivity index is 1.78. The maximum atomic E-state index is 12.3. The van der Waals surface area contributed by atoms with E-state index in [4.69, 9.17) is 0 Å². The second-order valence-electron chi connectivity index (χ2n) is 6.77. The summed E-state index contributed by atoms with van der Waals surface area (Å²) in [5.74, 6) is -0.341. The second-order valence-corrected chi connectivity index (χ2v) is 9.28. The minimum absolute atomic E-state index is 0.116. The van der Waals surface area contributed by atoms with Gasteiger partial charge in [-0.05, 0) is 43.4 Å². The zero-order chi connectivity index (χ0) is 17.6. The number of hydrogen-bond acceptors (Lipinski definition) is 4. The van der Waals surface area contributed by atoms with Gasteiger partial charge >= 0.3 is 6.36 Å². The van der Waals surface area contributed by atoms with Crippen molar-refractivity contribution in [3.05, 3.63) is 29.8 Å². The number of benzene rings is 1. The molecule has 0 radical (unpaired) electrons. The molecule has 1 aromatic rings. The van der Waals surface area contributed by atoms with Gasteiger partial charge in [0.1, 0.15) is 5.75 Å². The lowest BCUT2D eigenvalue weighted by molar-refractivity contribution is -0.274. The van der Waals surface area contributed by atoms with Crippen molar-refractivity contribution >= 4 is 9.84 Å². The molecule has 0 aliphatic carbocycles. The maximum Gasteiger partial charge on any atom is 0.573 e. The summed E-state index contributed by atoms with van der Waals surface area (Å²) in [6, 6.07) is 5.48. The molecule has 134 valence electrons. The van der Waals surface area contributed by atoms with Crippen LogP contribution in [0.15, 0.2) is 24.3 Å². The molecule has 2 bridgehead atoms. The first-order valence-electron chi connectivity index (χ1n) is 7.87. The molecule has 24 heavy (non-hydrogen) atoms. The molecule has 2 aliphatic heterocycles. The zero-order valence-corrected chi connectivity index (χ0v) is 13.7. The third-order valence-corrected chi connectivity index (χ3v) is 7.53. The fraction of sp³-hybridized carbons (Fsp3) is 0.625. The van der Waals surface area contributed by atoms with Crippen molar-refractivity contribution in [3.8, 4) is 5.75 Å². The Kier molecular flexibility index (Phi) is 4.32. The molecule has 0 aromatic heterocycles. The SMILES string of the molecule is O=S1(=O)C2CCCC1CC(O)(Cc1cccc(OC(F)(F)F)c1)C2. The van der Waals surface area contributed by atoms with E-state index in [0.717, 1.165) is 6.42 Å². The fourth-order valence-electron chi connectivity index (χ4n) is 3.92. The lowest BCUT2D eigenvalue weighted by Gasteiger charge is -2.44. The van der Waals surface area contributed by atoms with Gasteiger partial charge < -0.3 is 9.84 Å². The van der Waals surface area contributed by atoms with Gasteiger partial charge in [-0.3, -0.25) is 0 Å². The van der Waals surface area contributed by atoms with E-state index in [-0.39, 0.29) is 25.0 Å². The van der Waals surface area contributed by atoms with Crippen LogP contribution in [0.3, 0.4) is 0 Å². The van der Waals surface area contributed by atoms with Crippen molar-refractivity contribution in [3.63, 3.8) is 0 Å². The van der Waals surface area contributed by atoms with Crippen molar-refractivity contribution in [2.45, 2.75) is 61.0 Å². The molecule has 0 amide bonds. The molecule has 0 spiro atoms. The summed E-state index contributed by atoms with van der Waals surface area (Å²) in [5, 5.41) is 9.76. The number of alkyl halides is 3. The Morgan fingerprint density at radius 3 is 2.42 bits per heavy atom.